The summed E-state index contributed by atoms with van der Waals surface area (Å²) in [6, 6.07) is 17.7. The quantitative estimate of drug-likeness (QED) is 0.560. The van der Waals surface area contributed by atoms with Gasteiger partial charge in [-0.25, -0.2) is 4.39 Å². The minimum atomic E-state index is -0.718. The average Bonchev–Trinajstić information content (AvgIpc) is 2.87. The maximum atomic E-state index is 13.4. The Kier molecular flexibility index (Phi) is 6.26. The van der Waals surface area contributed by atoms with Gasteiger partial charge < -0.3 is 10.2 Å². The van der Waals surface area contributed by atoms with Crippen LogP contribution in [0.5, 0.6) is 0 Å². The van der Waals surface area contributed by atoms with Crippen molar-refractivity contribution in [3.05, 3.63) is 93.7 Å². The number of anilines is 2. The Morgan fingerprint density at radius 1 is 1.09 bits per heavy atom. The van der Waals surface area contributed by atoms with Crippen LogP contribution < -0.4 is 10.2 Å². The molecule has 0 unspecified atom stereocenters. The highest BCUT2D eigenvalue weighted by Crippen LogP contribution is 2.31. The summed E-state index contributed by atoms with van der Waals surface area (Å²) in [5.74, 6) is -1.37. The second-order valence-corrected chi connectivity index (χ2v) is 8.13. The topological polar surface area (TPSA) is 61.8 Å². The average molecular weight is 470 g/mol. The van der Waals surface area contributed by atoms with Crippen LogP contribution in [0.2, 0.25) is 10.0 Å². The molecule has 0 aliphatic carbocycles. The van der Waals surface area contributed by atoms with Gasteiger partial charge in [0.2, 0.25) is 5.91 Å². The van der Waals surface area contributed by atoms with Crippen LogP contribution in [-0.4, -0.2) is 30.1 Å². The Bertz CT molecular complexity index is 1230. The molecule has 8 heteroatoms. The molecule has 0 radical (unpaired) electrons. The van der Waals surface area contributed by atoms with E-state index in [4.69, 9.17) is 23.2 Å². The van der Waals surface area contributed by atoms with E-state index in [-0.39, 0.29) is 17.5 Å². The van der Waals surface area contributed by atoms with Gasteiger partial charge in [-0.1, -0.05) is 53.5 Å². The van der Waals surface area contributed by atoms with E-state index in [0.717, 1.165) is 11.6 Å². The van der Waals surface area contributed by atoms with E-state index in [1.54, 1.807) is 25.1 Å². The summed E-state index contributed by atoms with van der Waals surface area (Å²) in [5, 5.41) is 3.03. The van der Waals surface area contributed by atoms with Crippen molar-refractivity contribution in [1.82, 2.24) is 0 Å². The monoisotopic (exact) mass is 469 g/mol. The number of aliphatic imine (C=N–C) groups is 1. The summed E-state index contributed by atoms with van der Waals surface area (Å²) in [6.07, 6.45) is 0. The smallest absolute Gasteiger partial charge is 0.252 e. The lowest BCUT2D eigenvalue weighted by Gasteiger charge is -2.24. The van der Waals surface area contributed by atoms with Crippen molar-refractivity contribution in [2.24, 2.45) is 4.99 Å². The third-order valence-corrected chi connectivity index (χ3v) is 5.53. The Morgan fingerprint density at radius 3 is 2.56 bits per heavy atom. The predicted molar refractivity (Wildman–Crippen MR) is 125 cm³/mol. The Balaban J connectivity index is 1.70. The molecule has 1 heterocycles. The van der Waals surface area contributed by atoms with Crippen molar-refractivity contribution in [3.8, 4) is 0 Å². The molecule has 3 aromatic rings. The number of benzodiazepines with no additional fused rings is 1. The van der Waals surface area contributed by atoms with E-state index >= 15 is 0 Å². The van der Waals surface area contributed by atoms with Crippen LogP contribution in [-0.2, 0) is 9.59 Å². The van der Waals surface area contributed by atoms with Crippen molar-refractivity contribution in [3.63, 3.8) is 0 Å². The first-order chi connectivity index (χ1) is 15.3. The third kappa shape index (κ3) is 4.52. The van der Waals surface area contributed by atoms with Crippen molar-refractivity contribution >= 4 is 52.1 Å². The van der Waals surface area contributed by atoms with E-state index in [9.17, 15) is 14.0 Å². The molecule has 2 amide bonds. The van der Waals surface area contributed by atoms with Crippen LogP contribution in [0.3, 0.4) is 0 Å². The number of carbonyl (C=O) groups excluding carboxylic acids is 2. The number of hydrogen-bond donors (Lipinski definition) is 1. The molecule has 3 aromatic carbocycles. The SMILES string of the molecule is C[C@H]1N=C(c2ccccc2)c2cc(Cl)ccc2N(CC(=O)Nc2ccc(F)c(Cl)c2)C1=O. The summed E-state index contributed by atoms with van der Waals surface area (Å²) in [4.78, 5) is 32.0. The molecule has 0 saturated heterocycles. The fourth-order valence-electron chi connectivity index (χ4n) is 3.50. The minimum absolute atomic E-state index is 0.108. The highest BCUT2D eigenvalue weighted by molar-refractivity contribution is 6.32. The van der Waals surface area contributed by atoms with Gasteiger partial charge in [0, 0.05) is 21.8 Å². The second-order valence-electron chi connectivity index (χ2n) is 7.28. The molecule has 1 aliphatic heterocycles. The van der Waals surface area contributed by atoms with Gasteiger partial charge in [-0.2, -0.15) is 0 Å². The van der Waals surface area contributed by atoms with Crippen LogP contribution >= 0.6 is 23.2 Å². The van der Waals surface area contributed by atoms with Crippen LogP contribution in [0, 0.1) is 5.82 Å². The summed E-state index contributed by atoms with van der Waals surface area (Å²) in [7, 11) is 0. The number of amides is 2. The van der Waals surface area contributed by atoms with E-state index in [2.05, 4.69) is 10.3 Å². The molecule has 0 bridgehead atoms. The molecule has 1 aliphatic rings. The molecule has 0 saturated carbocycles. The summed E-state index contributed by atoms with van der Waals surface area (Å²) in [6.45, 7) is 1.42. The largest absolute Gasteiger partial charge is 0.324 e. The van der Waals surface area contributed by atoms with Crippen LogP contribution in [0.15, 0.2) is 71.7 Å². The first kappa shape index (κ1) is 22.0. The number of fused-ring (bicyclic) bond motifs is 1. The zero-order chi connectivity index (χ0) is 22.8. The molecule has 162 valence electrons. The van der Waals surface area contributed by atoms with Crippen LogP contribution in [0.1, 0.15) is 18.1 Å². The zero-order valence-corrected chi connectivity index (χ0v) is 18.5. The van der Waals surface area contributed by atoms with Crippen molar-refractivity contribution in [2.45, 2.75) is 13.0 Å². The number of carbonyl (C=O) groups is 2. The lowest BCUT2D eigenvalue weighted by Crippen LogP contribution is -2.42. The maximum absolute atomic E-state index is 13.4. The number of hydrogen-bond acceptors (Lipinski definition) is 3. The van der Waals surface area contributed by atoms with Gasteiger partial charge in [-0.05, 0) is 43.3 Å². The molecule has 1 atom stereocenters. The first-order valence-corrected chi connectivity index (χ1v) is 10.6. The maximum Gasteiger partial charge on any atom is 0.252 e. The summed E-state index contributed by atoms with van der Waals surface area (Å²) in [5.41, 5.74) is 2.96. The number of halogens is 3. The van der Waals surface area contributed by atoms with Gasteiger partial charge >= 0.3 is 0 Å². The number of nitrogens with one attached hydrogen (secondary N) is 1. The van der Waals surface area contributed by atoms with E-state index in [0.29, 0.717) is 27.7 Å². The number of rotatable bonds is 4. The molecular weight excluding hydrogens is 452 g/mol. The Labute approximate surface area is 194 Å². The highest BCUT2D eigenvalue weighted by atomic mass is 35.5. The molecular formula is C24H18Cl2FN3O2. The normalized spacial score (nSPS) is 15.6. The van der Waals surface area contributed by atoms with E-state index in [1.165, 1.54) is 17.0 Å². The zero-order valence-electron chi connectivity index (χ0n) is 17.0. The first-order valence-electron chi connectivity index (χ1n) is 9.83. The number of nitrogens with zero attached hydrogens (tertiary/aromatic N) is 2. The molecule has 5 nitrogen and oxygen atoms in total. The summed E-state index contributed by atoms with van der Waals surface area (Å²) < 4.78 is 13.4. The van der Waals surface area contributed by atoms with Crippen molar-refractivity contribution in [1.29, 1.82) is 0 Å². The Hall–Kier alpha value is -3.22. The third-order valence-electron chi connectivity index (χ3n) is 5.00. The van der Waals surface area contributed by atoms with Crippen LogP contribution in [0.4, 0.5) is 15.8 Å². The Morgan fingerprint density at radius 2 is 1.84 bits per heavy atom. The number of benzene rings is 3. The molecule has 4 rings (SSSR count). The van der Waals surface area contributed by atoms with Crippen molar-refractivity contribution in [2.75, 3.05) is 16.8 Å². The fraction of sp³-hybridized carbons (Fsp3) is 0.125. The highest BCUT2D eigenvalue weighted by Gasteiger charge is 2.31. The standard InChI is InChI=1S/C24H18Cl2FN3O2/c1-14-24(32)30(13-22(31)29-17-8-9-20(27)19(26)12-17)21-10-7-16(25)11-18(21)23(28-14)15-5-3-2-4-6-15/h2-12,14H,13H2,1H3,(H,29,31)/t14-/m1/s1. The second kappa shape index (κ2) is 9.10. The minimum Gasteiger partial charge on any atom is -0.324 e. The lowest BCUT2D eigenvalue weighted by atomic mass is 10.00. The van der Waals surface area contributed by atoms with Gasteiger partial charge in [-0.15, -0.1) is 0 Å². The summed E-state index contributed by atoms with van der Waals surface area (Å²) >= 11 is 12.1. The van der Waals surface area contributed by atoms with Crippen LogP contribution in [0.25, 0.3) is 0 Å². The molecule has 0 aromatic heterocycles. The molecule has 32 heavy (non-hydrogen) atoms. The molecule has 0 fully saturated rings. The predicted octanol–water partition coefficient (Wildman–Crippen LogP) is 5.34. The van der Waals surface area contributed by atoms with Gasteiger partial charge in [0.25, 0.3) is 5.91 Å². The lowest BCUT2D eigenvalue weighted by molar-refractivity contribution is -0.122. The van der Waals surface area contributed by atoms with E-state index < -0.39 is 17.8 Å². The van der Waals surface area contributed by atoms with Gasteiger partial charge in [0.15, 0.2) is 0 Å². The van der Waals surface area contributed by atoms with Crippen molar-refractivity contribution < 1.29 is 14.0 Å². The van der Waals surface area contributed by atoms with Gasteiger partial charge in [0.1, 0.15) is 18.4 Å². The van der Waals surface area contributed by atoms with E-state index in [1.807, 2.05) is 30.3 Å². The van der Waals surface area contributed by atoms with Gasteiger partial charge in [0.05, 0.1) is 16.4 Å². The fourth-order valence-corrected chi connectivity index (χ4v) is 3.86. The molecule has 0 spiro atoms. The molecule has 1 N–H and O–H groups in total. The van der Waals surface area contributed by atoms with Gasteiger partial charge in [-0.3, -0.25) is 14.6 Å².